The van der Waals surface area contributed by atoms with Crippen molar-refractivity contribution in [3.63, 3.8) is 0 Å². The lowest BCUT2D eigenvalue weighted by molar-refractivity contribution is -0.116. The smallest absolute Gasteiger partial charge is 0.330 e. The van der Waals surface area contributed by atoms with E-state index in [0.717, 1.165) is 23.3 Å². The van der Waals surface area contributed by atoms with E-state index in [4.69, 9.17) is 5.73 Å². The van der Waals surface area contributed by atoms with E-state index in [1.807, 2.05) is 36.4 Å². The number of hydrogen-bond donors (Lipinski definition) is 2. The van der Waals surface area contributed by atoms with Gasteiger partial charge in [-0.3, -0.25) is 19.1 Å². The van der Waals surface area contributed by atoms with Crippen LogP contribution in [0, 0.1) is 0 Å². The molecule has 0 saturated heterocycles. The Bertz CT molecular complexity index is 1250. The van der Waals surface area contributed by atoms with Crippen LogP contribution < -0.4 is 21.9 Å². The van der Waals surface area contributed by atoms with Crippen molar-refractivity contribution < 1.29 is 4.79 Å². The molecular weight excluding hydrogens is 424 g/mol. The van der Waals surface area contributed by atoms with Crippen molar-refractivity contribution in [3.05, 3.63) is 86.1 Å². The van der Waals surface area contributed by atoms with Crippen LogP contribution in [-0.2, 0) is 24.2 Å². The minimum Gasteiger partial charge on any atom is -0.383 e. The third-order valence-corrected chi connectivity index (χ3v) is 6.70. The topological polar surface area (TPSA) is 101 Å². The zero-order valence-electron chi connectivity index (χ0n) is 18.0. The molecule has 0 spiro atoms. The molecule has 32 heavy (non-hydrogen) atoms. The van der Waals surface area contributed by atoms with Gasteiger partial charge in [0.1, 0.15) is 5.82 Å². The molecule has 1 amide bonds. The highest BCUT2D eigenvalue weighted by atomic mass is 32.2. The van der Waals surface area contributed by atoms with Gasteiger partial charge in [0.2, 0.25) is 5.91 Å². The summed E-state index contributed by atoms with van der Waals surface area (Å²) in [6.45, 7) is 2.24. The van der Waals surface area contributed by atoms with E-state index in [1.54, 1.807) is 6.92 Å². The van der Waals surface area contributed by atoms with E-state index < -0.39 is 11.2 Å². The fourth-order valence-corrected chi connectivity index (χ4v) is 4.92. The fraction of sp³-hybridized carbons (Fsp3) is 0.292. The average molecular weight is 451 g/mol. The molecule has 1 aliphatic carbocycles. The van der Waals surface area contributed by atoms with Crippen molar-refractivity contribution in [2.24, 2.45) is 0 Å². The summed E-state index contributed by atoms with van der Waals surface area (Å²) in [4.78, 5) is 42.8. The number of benzene rings is 2. The lowest BCUT2D eigenvalue weighted by atomic mass is 10.1. The van der Waals surface area contributed by atoms with Gasteiger partial charge in [-0.1, -0.05) is 36.4 Å². The molecule has 0 fully saturated rings. The van der Waals surface area contributed by atoms with E-state index in [1.165, 1.54) is 38.8 Å². The molecule has 0 aliphatic heterocycles. The largest absolute Gasteiger partial charge is 0.383 e. The van der Waals surface area contributed by atoms with Crippen LogP contribution in [0.4, 0.5) is 11.5 Å². The quantitative estimate of drug-likeness (QED) is 0.539. The Hall–Kier alpha value is -3.26. The number of nitrogens with one attached hydrogen (secondary N) is 1. The minimum atomic E-state index is -0.658. The number of anilines is 2. The van der Waals surface area contributed by atoms with E-state index in [0.29, 0.717) is 0 Å². The number of aryl methyl sites for hydroxylation is 2. The fourth-order valence-electron chi connectivity index (χ4n) is 4.08. The number of nitrogen functional groups attached to an aromatic ring is 1. The van der Waals surface area contributed by atoms with Crippen LogP contribution in [0.2, 0.25) is 0 Å². The third kappa shape index (κ3) is 4.50. The first-order valence-corrected chi connectivity index (χ1v) is 11.7. The third-order valence-electron chi connectivity index (χ3n) is 5.72. The van der Waals surface area contributed by atoms with Crippen molar-refractivity contribution in [1.29, 1.82) is 0 Å². The van der Waals surface area contributed by atoms with Crippen LogP contribution in [0.25, 0.3) is 0 Å². The Kier molecular flexibility index (Phi) is 6.50. The van der Waals surface area contributed by atoms with Crippen molar-refractivity contribution in [1.82, 2.24) is 9.55 Å². The molecule has 0 bridgehead atoms. The molecule has 2 aromatic carbocycles. The second-order valence-corrected chi connectivity index (χ2v) is 8.82. The Morgan fingerprint density at radius 1 is 1.12 bits per heavy atom. The van der Waals surface area contributed by atoms with Gasteiger partial charge >= 0.3 is 5.69 Å². The molecule has 1 heterocycles. The predicted octanol–water partition coefficient (Wildman–Crippen LogP) is 2.80. The molecule has 3 N–H and O–H groups in total. The number of aromatic amines is 1. The summed E-state index contributed by atoms with van der Waals surface area (Å²) < 4.78 is 1.29. The molecule has 3 aromatic rings. The minimum absolute atomic E-state index is 0.0136. The number of H-pyrrole nitrogens is 1. The van der Waals surface area contributed by atoms with Crippen molar-refractivity contribution in [2.75, 3.05) is 22.9 Å². The predicted molar refractivity (Wildman–Crippen MR) is 128 cm³/mol. The Morgan fingerprint density at radius 3 is 2.62 bits per heavy atom. The number of hydrogen-bond acceptors (Lipinski definition) is 5. The van der Waals surface area contributed by atoms with Gasteiger partial charge in [0.05, 0.1) is 12.3 Å². The number of amides is 1. The highest BCUT2D eigenvalue weighted by Crippen LogP contribution is 2.28. The number of rotatable bonds is 7. The zero-order chi connectivity index (χ0) is 22.7. The number of nitrogens with zero attached hydrogens (tertiary/aromatic N) is 2. The zero-order valence-corrected chi connectivity index (χ0v) is 18.8. The molecule has 8 heteroatoms. The van der Waals surface area contributed by atoms with Crippen molar-refractivity contribution in [3.8, 4) is 0 Å². The van der Waals surface area contributed by atoms with Gasteiger partial charge in [-0.15, -0.1) is 11.8 Å². The summed E-state index contributed by atoms with van der Waals surface area (Å²) in [5, 5.41) is 0. The lowest BCUT2D eigenvalue weighted by Gasteiger charge is -2.23. The molecule has 1 aromatic heterocycles. The molecule has 0 radical (unpaired) electrons. The monoisotopic (exact) mass is 450 g/mol. The van der Waals surface area contributed by atoms with Crippen LogP contribution in [0.5, 0.6) is 0 Å². The summed E-state index contributed by atoms with van der Waals surface area (Å²) in [7, 11) is 0. The molecule has 7 nitrogen and oxygen atoms in total. The first-order valence-electron chi connectivity index (χ1n) is 10.7. The molecular formula is C24H26N4O3S. The Balaban J connectivity index is 1.57. The highest BCUT2D eigenvalue weighted by molar-refractivity contribution is 8.00. The Morgan fingerprint density at radius 2 is 1.88 bits per heavy atom. The number of thioether (sulfide) groups is 1. The summed E-state index contributed by atoms with van der Waals surface area (Å²) >= 11 is 1.44. The molecule has 0 saturated carbocycles. The van der Waals surface area contributed by atoms with Crippen LogP contribution in [0.15, 0.2) is 63.0 Å². The summed E-state index contributed by atoms with van der Waals surface area (Å²) in [5.41, 5.74) is 8.61. The average Bonchev–Trinajstić information content (AvgIpc) is 3.26. The van der Waals surface area contributed by atoms with E-state index >= 15 is 0 Å². The maximum Gasteiger partial charge on any atom is 0.330 e. The second kappa shape index (κ2) is 9.48. The molecule has 0 atom stereocenters. The standard InChI is InChI=1S/C24H26N4O3S/c1-2-27(20(29)15-32-19-12-11-17-9-6-10-18(17)13-19)21-22(25)28(24(31)26-23(21)30)14-16-7-4-3-5-8-16/h3-5,7-8,11-13H,2,6,9-10,14-15,25H2,1H3,(H,26,30,31). The van der Waals surface area contributed by atoms with Crippen molar-refractivity contribution >= 4 is 29.2 Å². The van der Waals surface area contributed by atoms with Crippen LogP contribution >= 0.6 is 11.8 Å². The van der Waals surface area contributed by atoms with Crippen molar-refractivity contribution in [2.45, 2.75) is 37.6 Å². The summed E-state index contributed by atoms with van der Waals surface area (Å²) in [6, 6.07) is 15.7. The van der Waals surface area contributed by atoms with E-state index in [9.17, 15) is 14.4 Å². The number of carbonyl (C=O) groups is 1. The SMILES string of the molecule is CCN(C(=O)CSc1ccc2c(c1)CCC2)c1c(N)n(Cc2ccccc2)c(=O)[nH]c1=O. The van der Waals surface area contributed by atoms with Gasteiger partial charge in [0.15, 0.2) is 5.69 Å². The maximum atomic E-state index is 13.1. The van der Waals surface area contributed by atoms with Gasteiger partial charge < -0.3 is 10.6 Å². The van der Waals surface area contributed by atoms with Gasteiger partial charge in [0, 0.05) is 11.4 Å². The van der Waals surface area contributed by atoms with Crippen LogP contribution in [-0.4, -0.2) is 27.8 Å². The van der Waals surface area contributed by atoms with Crippen LogP contribution in [0.1, 0.15) is 30.0 Å². The number of aromatic nitrogens is 2. The number of carbonyl (C=O) groups excluding carboxylic acids is 1. The summed E-state index contributed by atoms with van der Waals surface area (Å²) in [5.74, 6) is -0.0796. The molecule has 0 unspecified atom stereocenters. The van der Waals surface area contributed by atoms with Gasteiger partial charge in [0.25, 0.3) is 5.56 Å². The van der Waals surface area contributed by atoms with Crippen LogP contribution in [0.3, 0.4) is 0 Å². The lowest BCUT2D eigenvalue weighted by Crippen LogP contribution is -2.41. The molecule has 1 aliphatic rings. The Labute approximate surface area is 190 Å². The van der Waals surface area contributed by atoms with Gasteiger partial charge in [-0.05, 0) is 55.0 Å². The van der Waals surface area contributed by atoms with Gasteiger partial charge in [-0.2, -0.15) is 0 Å². The highest BCUT2D eigenvalue weighted by Gasteiger charge is 2.23. The van der Waals surface area contributed by atoms with E-state index in [-0.39, 0.29) is 36.3 Å². The van der Waals surface area contributed by atoms with Gasteiger partial charge in [-0.25, -0.2) is 4.79 Å². The number of nitrogens with two attached hydrogens (primary N) is 1. The second-order valence-electron chi connectivity index (χ2n) is 7.78. The first kappa shape index (κ1) is 22.0. The molecule has 166 valence electrons. The summed E-state index contributed by atoms with van der Waals surface area (Å²) in [6.07, 6.45) is 3.37. The van der Waals surface area contributed by atoms with E-state index in [2.05, 4.69) is 17.1 Å². The first-order chi connectivity index (χ1) is 15.5. The normalized spacial score (nSPS) is 12.5. The number of fused-ring (bicyclic) bond motifs is 1. The maximum absolute atomic E-state index is 13.1. The molecule has 4 rings (SSSR count).